The molecule has 2 aromatic heterocycles. The summed E-state index contributed by atoms with van der Waals surface area (Å²) in [7, 11) is 0. The van der Waals surface area contributed by atoms with Gasteiger partial charge in [-0.3, -0.25) is 4.98 Å². The molecule has 0 unspecified atom stereocenters. The zero-order valence-corrected chi connectivity index (χ0v) is 7.47. The van der Waals surface area contributed by atoms with E-state index in [9.17, 15) is 0 Å². The highest BCUT2D eigenvalue weighted by Crippen LogP contribution is 2.23. The van der Waals surface area contributed by atoms with Crippen LogP contribution in [0, 0.1) is 0 Å². The van der Waals surface area contributed by atoms with Gasteiger partial charge in [0.15, 0.2) is 0 Å². The number of halogens is 2. The third-order valence-electron chi connectivity index (χ3n) is 1.53. The Morgan fingerprint density at radius 1 is 1.25 bits per heavy atom. The smallest absolute Gasteiger partial charge is 0.131 e. The second-order valence-corrected chi connectivity index (χ2v) is 3.11. The van der Waals surface area contributed by atoms with E-state index in [-0.39, 0.29) is 0 Å². The van der Waals surface area contributed by atoms with Crippen molar-refractivity contribution < 1.29 is 0 Å². The van der Waals surface area contributed by atoms with Crippen molar-refractivity contribution in [2.45, 2.75) is 0 Å². The lowest BCUT2D eigenvalue weighted by Gasteiger charge is -1.98. The number of aromatic nitrogens is 2. The van der Waals surface area contributed by atoms with Gasteiger partial charge in [-0.25, -0.2) is 4.98 Å². The maximum absolute atomic E-state index is 5.91. The lowest BCUT2D eigenvalue weighted by Crippen LogP contribution is -1.81. The predicted molar refractivity (Wildman–Crippen MR) is 49.6 cm³/mol. The summed E-state index contributed by atoms with van der Waals surface area (Å²) in [6.45, 7) is 0. The molecule has 2 heterocycles. The van der Waals surface area contributed by atoms with Crippen LogP contribution >= 0.6 is 23.2 Å². The fourth-order valence-corrected chi connectivity index (χ4v) is 1.53. The van der Waals surface area contributed by atoms with Crippen LogP contribution in [-0.2, 0) is 0 Å². The molecule has 2 aromatic rings. The summed E-state index contributed by atoms with van der Waals surface area (Å²) in [5.74, 6) is 0. The summed E-state index contributed by atoms with van der Waals surface area (Å²) in [6, 6.07) is 3.42. The molecule has 0 aliphatic heterocycles. The molecule has 12 heavy (non-hydrogen) atoms. The van der Waals surface area contributed by atoms with Crippen LogP contribution in [0.4, 0.5) is 0 Å². The SMILES string of the molecule is Clc1cc(Cl)c2ccncc2n1. The van der Waals surface area contributed by atoms with Crippen LogP contribution in [0.5, 0.6) is 0 Å². The molecular formula is C8H4Cl2N2. The van der Waals surface area contributed by atoms with Crippen molar-refractivity contribution in [2.75, 3.05) is 0 Å². The molecule has 0 aliphatic carbocycles. The Bertz CT molecular complexity index is 428. The van der Waals surface area contributed by atoms with Gasteiger partial charge in [0.1, 0.15) is 5.15 Å². The molecule has 0 atom stereocenters. The Morgan fingerprint density at radius 3 is 2.92 bits per heavy atom. The highest BCUT2D eigenvalue weighted by atomic mass is 35.5. The van der Waals surface area contributed by atoms with E-state index >= 15 is 0 Å². The van der Waals surface area contributed by atoms with E-state index in [1.807, 2.05) is 0 Å². The first kappa shape index (κ1) is 7.77. The van der Waals surface area contributed by atoms with Crippen LogP contribution in [0.15, 0.2) is 24.5 Å². The number of rotatable bonds is 0. The lowest BCUT2D eigenvalue weighted by molar-refractivity contribution is 1.31. The normalized spacial score (nSPS) is 10.5. The van der Waals surface area contributed by atoms with Crippen molar-refractivity contribution in [1.29, 1.82) is 0 Å². The number of hydrogen-bond donors (Lipinski definition) is 0. The first-order valence-electron chi connectivity index (χ1n) is 3.33. The summed E-state index contributed by atoms with van der Waals surface area (Å²) in [6.07, 6.45) is 3.30. The Balaban J connectivity index is 2.89. The van der Waals surface area contributed by atoms with Gasteiger partial charge >= 0.3 is 0 Å². The minimum atomic E-state index is 0.389. The van der Waals surface area contributed by atoms with Crippen LogP contribution < -0.4 is 0 Å². The van der Waals surface area contributed by atoms with Gasteiger partial charge in [0.05, 0.1) is 16.7 Å². The topological polar surface area (TPSA) is 25.8 Å². The maximum atomic E-state index is 5.91. The molecule has 0 radical (unpaired) electrons. The summed E-state index contributed by atoms with van der Waals surface area (Å²) >= 11 is 11.6. The van der Waals surface area contributed by atoms with Crippen molar-refractivity contribution in [3.8, 4) is 0 Å². The highest BCUT2D eigenvalue weighted by molar-refractivity contribution is 6.37. The number of nitrogens with zero attached hydrogens (tertiary/aromatic N) is 2. The third kappa shape index (κ3) is 1.24. The molecule has 0 N–H and O–H groups in total. The van der Waals surface area contributed by atoms with Gasteiger partial charge in [0.25, 0.3) is 0 Å². The molecule has 2 rings (SSSR count). The maximum Gasteiger partial charge on any atom is 0.131 e. The molecular weight excluding hydrogens is 195 g/mol. The van der Waals surface area contributed by atoms with E-state index < -0.39 is 0 Å². The number of fused-ring (bicyclic) bond motifs is 1. The second-order valence-electron chi connectivity index (χ2n) is 2.32. The van der Waals surface area contributed by atoms with Crippen molar-refractivity contribution in [3.05, 3.63) is 34.7 Å². The van der Waals surface area contributed by atoms with E-state index in [1.165, 1.54) is 0 Å². The van der Waals surface area contributed by atoms with Crippen LogP contribution in [-0.4, -0.2) is 9.97 Å². The van der Waals surface area contributed by atoms with E-state index in [1.54, 1.807) is 24.5 Å². The molecule has 0 saturated heterocycles. The molecule has 0 aliphatic rings. The largest absolute Gasteiger partial charge is 0.262 e. The van der Waals surface area contributed by atoms with Gasteiger partial charge in [0.2, 0.25) is 0 Å². The van der Waals surface area contributed by atoms with Crippen LogP contribution in [0.2, 0.25) is 10.2 Å². The zero-order chi connectivity index (χ0) is 8.55. The minimum Gasteiger partial charge on any atom is -0.262 e. The average Bonchev–Trinajstić information content (AvgIpc) is 2.04. The quantitative estimate of drug-likeness (QED) is 0.609. The summed E-state index contributed by atoms with van der Waals surface area (Å²) in [5, 5.41) is 1.86. The van der Waals surface area contributed by atoms with Crippen molar-refractivity contribution in [2.24, 2.45) is 0 Å². The van der Waals surface area contributed by atoms with Gasteiger partial charge in [-0.15, -0.1) is 0 Å². The van der Waals surface area contributed by atoms with E-state index in [0.717, 1.165) is 10.9 Å². The summed E-state index contributed by atoms with van der Waals surface area (Å²) in [5.41, 5.74) is 0.718. The first-order chi connectivity index (χ1) is 5.77. The standard InChI is InChI=1S/C8H4Cl2N2/c9-6-3-8(10)12-7-4-11-2-1-5(6)7/h1-4H. The molecule has 4 heteroatoms. The monoisotopic (exact) mass is 198 g/mol. The van der Waals surface area contributed by atoms with Crippen LogP contribution in [0.3, 0.4) is 0 Å². The van der Waals surface area contributed by atoms with Gasteiger partial charge in [-0.1, -0.05) is 23.2 Å². The Kier molecular flexibility index (Phi) is 1.87. The number of pyridine rings is 2. The van der Waals surface area contributed by atoms with E-state index in [0.29, 0.717) is 10.2 Å². The fourth-order valence-electron chi connectivity index (χ4n) is 1.01. The summed E-state index contributed by atoms with van der Waals surface area (Å²) in [4.78, 5) is 7.97. The third-order valence-corrected chi connectivity index (χ3v) is 2.04. The van der Waals surface area contributed by atoms with Crippen molar-refractivity contribution in [3.63, 3.8) is 0 Å². The summed E-state index contributed by atoms with van der Waals surface area (Å²) < 4.78 is 0. The molecule has 0 amide bonds. The van der Waals surface area contributed by atoms with Crippen molar-refractivity contribution in [1.82, 2.24) is 9.97 Å². The van der Waals surface area contributed by atoms with Crippen LogP contribution in [0.1, 0.15) is 0 Å². The lowest BCUT2D eigenvalue weighted by atomic mass is 10.3. The molecule has 0 spiro atoms. The molecule has 0 aromatic carbocycles. The first-order valence-corrected chi connectivity index (χ1v) is 4.09. The van der Waals surface area contributed by atoms with Gasteiger partial charge < -0.3 is 0 Å². The predicted octanol–water partition coefficient (Wildman–Crippen LogP) is 2.94. The van der Waals surface area contributed by atoms with E-state index in [4.69, 9.17) is 23.2 Å². The Hall–Kier alpha value is -0.860. The van der Waals surface area contributed by atoms with Gasteiger partial charge in [-0.05, 0) is 12.1 Å². The fraction of sp³-hybridized carbons (Fsp3) is 0. The Morgan fingerprint density at radius 2 is 2.08 bits per heavy atom. The average molecular weight is 199 g/mol. The molecule has 0 saturated carbocycles. The molecule has 60 valence electrons. The molecule has 2 nitrogen and oxygen atoms in total. The van der Waals surface area contributed by atoms with Gasteiger partial charge in [0, 0.05) is 11.6 Å². The highest BCUT2D eigenvalue weighted by Gasteiger charge is 2.00. The molecule has 0 bridgehead atoms. The Labute approximate surface area is 79.2 Å². The van der Waals surface area contributed by atoms with Gasteiger partial charge in [-0.2, -0.15) is 0 Å². The van der Waals surface area contributed by atoms with E-state index in [2.05, 4.69) is 9.97 Å². The molecule has 0 fully saturated rings. The zero-order valence-electron chi connectivity index (χ0n) is 5.96. The van der Waals surface area contributed by atoms with Crippen molar-refractivity contribution >= 4 is 34.1 Å². The number of hydrogen-bond acceptors (Lipinski definition) is 2. The van der Waals surface area contributed by atoms with Crippen LogP contribution in [0.25, 0.3) is 10.9 Å². The second kappa shape index (κ2) is 2.88. The minimum absolute atomic E-state index is 0.389.